The molecule has 0 aliphatic heterocycles. The summed E-state index contributed by atoms with van der Waals surface area (Å²) in [6.07, 6.45) is 5.81. The Bertz CT molecular complexity index is 1900. The number of fused-ring (bicyclic) bond motifs is 3. The van der Waals surface area contributed by atoms with Gasteiger partial charge >= 0.3 is 123 Å². The fraction of sp³-hybridized carbons (Fsp3) is 0.311. The van der Waals surface area contributed by atoms with E-state index in [9.17, 15) is 0 Å². The first-order chi connectivity index (χ1) is 22.8. The van der Waals surface area contributed by atoms with E-state index in [1.807, 2.05) is 24.3 Å². The van der Waals surface area contributed by atoms with Gasteiger partial charge in [0, 0.05) is 0 Å². The Hall–Kier alpha value is -2.35. The first-order valence-corrected chi connectivity index (χ1v) is 24.3. The second-order valence-corrected chi connectivity index (χ2v) is 24.3. The average molecular weight is 783 g/mol. The summed E-state index contributed by atoms with van der Waals surface area (Å²) in [5, 5.41) is 8.65. The van der Waals surface area contributed by atoms with E-state index in [-0.39, 0.29) is 10.8 Å². The predicted molar refractivity (Wildman–Crippen MR) is 221 cm³/mol. The zero-order valence-electron chi connectivity index (χ0n) is 31.2. The molecule has 0 fully saturated rings. The van der Waals surface area contributed by atoms with Crippen molar-refractivity contribution < 1.29 is 22.3 Å². The maximum atomic E-state index is 5.84. The number of benzene rings is 4. The molecule has 0 N–H and O–H groups in total. The van der Waals surface area contributed by atoms with Crippen LogP contribution < -0.4 is 0 Å². The van der Waals surface area contributed by atoms with E-state index in [4.69, 9.17) is 23.2 Å². The molecule has 0 heterocycles. The van der Waals surface area contributed by atoms with Crippen LogP contribution in [-0.4, -0.2) is 15.5 Å². The topological polar surface area (TPSA) is 0 Å². The molecule has 5 aromatic rings. The van der Waals surface area contributed by atoms with Gasteiger partial charge in [0.05, 0.1) is 0 Å². The van der Waals surface area contributed by atoms with Crippen molar-refractivity contribution >= 4 is 60.2 Å². The van der Waals surface area contributed by atoms with Gasteiger partial charge in [-0.25, -0.2) is 10.8 Å². The molecule has 0 saturated carbocycles. The van der Waals surface area contributed by atoms with Crippen molar-refractivity contribution in [3.05, 3.63) is 146 Å². The van der Waals surface area contributed by atoms with Crippen LogP contribution >= 0.6 is 23.2 Å². The Morgan fingerprint density at radius 3 is 1.39 bits per heavy atom. The first-order valence-electron chi connectivity index (χ1n) is 17.2. The molecule has 1 atom stereocenters. The molecule has 0 amide bonds. The van der Waals surface area contributed by atoms with Crippen molar-refractivity contribution in [1.82, 2.24) is 0 Å². The Kier molecular flexibility index (Phi) is 13.1. The van der Waals surface area contributed by atoms with Gasteiger partial charge < -0.3 is 0 Å². The fourth-order valence-electron chi connectivity index (χ4n) is 5.96. The minimum atomic E-state index is -1.07. The van der Waals surface area contributed by atoms with Crippen LogP contribution in [0.3, 0.4) is 0 Å². The van der Waals surface area contributed by atoms with E-state index in [1.165, 1.54) is 49.4 Å². The van der Waals surface area contributed by atoms with Crippen LogP contribution in [0.5, 0.6) is 0 Å². The Balaban J connectivity index is 0.000000174. The van der Waals surface area contributed by atoms with Gasteiger partial charge in [-0.1, -0.05) is 116 Å². The first kappa shape index (κ1) is 39.4. The molecule has 1 aliphatic carbocycles. The standard InChI is InChI=1S/C21H25.C10H17Si.2C7H5Cl.Zr/c1-20(2,3)16-7-9-18-14(12-16)11-15-13-17(21(4,5)6)8-10-19(15)18;1-8-6-9(2)10(7-8)11(3,4)5;2*1-6-2-4-7(8)5-3-6;/h7-13H,1-6H3;7-8H,1-5H3;2*1-5H;/q2*-1;;;. The van der Waals surface area contributed by atoms with E-state index >= 15 is 0 Å². The Labute approximate surface area is 318 Å². The number of allylic oxidation sites excluding steroid dienone is 4. The molecule has 1 aliphatic rings. The van der Waals surface area contributed by atoms with Crippen LogP contribution in [-0.2, 0) is 33.1 Å². The van der Waals surface area contributed by atoms with Crippen LogP contribution in [0.2, 0.25) is 29.7 Å². The number of halogens is 2. The van der Waals surface area contributed by atoms with Gasteiger partial charge in [0.1, 0.15) is 0 Å². The molecule has 0 spiro atoms. The van der Waals surface area contributed by atoms with E-state index in [0.717, 1.165) is 10.0 Å². The van der Waals surface area contributed by atoms with Crippen molar-refractivity contribution in [1.29, 1.82) is 0 Å². The zero-order chi connectivity index (χ0) is 36.1. The van der Waals surface area contributed by atoms with Crippen molar-refractivity contribution in [2.24, 2.45) is 5.92 Å². The van der Waals surface area contributed by atoms with Crippen LogP contribution in [0, 0.1) is 12.0 Å². The molecular weight excluding hydrogens is 731 g/mol. The van der Waals surface area contributed by atoms with E-state index in [0.29, 0.717) is 5.92 Å². The van der Waals surface area contributed by atoms with Crippen molar-refractivity contribution in [2.45, 2.75) is 85.9 Å². The van der Waals surface area contributed by atoms with Gasteiger partial charge in [-0.15, -0.1) is 39.7 Å². The number of rotatable bonds is 3. The second kappa shape index (κ2) is 16.3. The molecule has 0 saturated heterocycles. The molecule has 1 unspecified atom stereocenters. The molecule has 49 heavy (non-hydrogen) atoms. The monoisotopic (exact) mass is 780 g/mol. The van der Waals surface area contributed by atoms with Gasteiger partial charge in [0.2, 0.25) is 0 Å². The van der Waals surface area contributed by atoms with Crippen LogP contribution in [0.25, 0.3) is 21.5 Å². The van der Waals surface area contributed by atoms with Gasteiger partial charge in [0.25, 0.3) is 0 Å². The number of hydrogen-bond donors (Lipinski definition) is 0. The quantitative estimate of drug-likeness (QED) is 0.126. The van der Waals surface area contributed by atoms with Gasteiger partial charge in [-0.3, -0.25) is 6.08 Å². The van der Waals surface area contributed by atoms with E-state index in [1.54, 1.807) is 5.20 Å². The fourth-order valence-corrected chi connectivity index (χ4v) is 10.3. The molecule has 5 aromatic carbocycles. The summed E-state index contributed by atoms with van der Waals surface area (Å²) in [5.41, 5.74) is 7.12. The van der Waals surface area contributed by atoms with Crippen molar-refractivity contribution in [3.63, 3.8) is 0 Å². The summed E-state index contributed by atoms with van der Waals surface area (Å²) in [4.78, 5) is 0. The predicted octanol–water partition coefficient (Wildman–Crippen LogP) is 13.6. The molecule has 0 radical (unpaired) electrons. The molecule has 4 heteroatoms. The van der Waals surface area contributed by atoms with E-state index < -0.39 is 30.3 Å². The summed E-state index contributed by atoms with van der Waals surface area (Å²) in [5.74, 6) is 0.553. The summed E-state index contributed by atoms with van der Waals surface area (Å²) in [7, 11) is -1.07. The maximum absolute atomic E-state index is 5.84. The van der Waals surface area contributed by atoms with Crippen LogP contribution in [0.4, 0.5) is 0 Å². The Morgan fingerprint density at radius 1 is 0.673 bits per heavy atom. The summed E-state index contributed by atoms with van der Waals surface area (Å²) in [6, 6.07) is 32.1. The summed E-state index contributed by atoms with van der Waals surface area (Å²) >= 11 is 11.0. The third kappa shape index (κ3) is 11.3. The van der Waals surface area contributed by atoms with Gasteiger partial charge in [0.15, 0.2) is 0 Å². The second-order valence-electron chi connectivity index (χ2n) is 16.2. The third-order valence-corrected chi connectivity index (χ3v) is 13.9. The molecule has 0 aromatic heterocycles. The van der Waals surface area contributed by atoms with E-state index in [2.05, 4.69) is 161 Å². The van der Waals surface area contributed by atoms with Crippen molar-refractivity contribution in [2.75, 3.05) is 0 Å². The average Bonchev–Trinajstić information content (AvgIpc) is 3.56. The zero-order valence-corrected chi connectivity index (χ0v) is 36.2. The molecule has 0 bridgehead atoms. The molecule has 256 valence electrons. The van der Waals surface area contributed by atoms with Crippen molar-refractivity contribution in [3.8, 4) is 0 Å². The van der Waals surface area contributed by atoms with Gasteiger partial charge in [-0.05, 0) is 18.9 Å². The minimum absolute atomic E-state index is 0.203. The Morgan fingerprint density at radius 2 is 1.08 bits per heavy atom. The SMILES string of the molecule is CC(C)(C)c1ccc2c(c1)[cH-]c1cc(C(C)(C)C)ccc12.CC1=[C-]C(C)C=C1[Si](C)(C)C.Clc1ccc([CH]=[Zr]=[CH]c2ccc(Cl)cc2)cc1. The third-order valence-electron chi connectivity index (χ3n) is 8.75. The number of hydrogen-bond acceptors (Lipinski definition) is 0. The normalized spacial score (nSPS) is 14.6. The van der Waals surface area contributed by atoms with Gasteiger partial charge in [-0.2, -0.15) is 6.08 Å². The summed E-state index contributed by atoms with van der Waals surface area (Å²) in [6.45, 7) is 25.2. The van der Waals surface area contributed by atoms with Crippen LogP contribution in [0.1, 0.15) is 77.6 Å². The molecule has 6 rings (SSSR count). The molecular formula is C45H52Cl2SiZr-2. The van der Waals surface area contributed by atoms with Crippen LogP contribution in [0.15, 0.2) is 108 Å². The summed E-state index contributed by atoms with van der Waals surface area (Å²) < 4.78 is 4.66. The molecule has 0 nitrogen and oxygen atoms in total.